The van der Waals surface area contributed by atoms with E-state index in [2.05, 4.69) is 9.72 Å². The van der Waals surface area contributed by atoms with Crippen molar-refractivity contribution in [1.82, 2.24) is 9.55 Å². The molecule has 20 heavy (non-hydrogen) atoms. The fraction of sp³-hybridized carbons (Fsp3) is 0.267. The Hall–Kier alpha value is -2.43. The van der Waals surface area contributed by atoms with E-state index in [1.165, 1.54) is 13.3 Å². The standard InChI is InChI=1S/C15H16N2O3/c1-3-14(18)12-6-7-17(9-12)10-13-5-4-11(8-16-13)15(19)20-2/h4-9H,3,10H2,1-2H3. The summed E-state index contributed by atoms with van der Waals surface area (Å²) < 4.78 is 6.51. The number of hydrogen-bond donors (Lipinski definition) is 0. The molecule has 0 fully saturated rings. The number of carbonyl (C=O) groups is 2. The lowest BCUT2D eigenvalue weighted by Gasteiger charge is -2.03. The zero-order valence-electron chi connectivity index (χ0n) is 11.5. The van der Waals surface area contributed by atoms with E-state index in [1.54, 1.807) is 18.2 Å². The minimum atomic E-state index is -0.402. The van der Waals surface area contributed by atoms with Gasteiger partial charge in [-0.15, -0.1) is 0 Å². The Morgan fingerprint density at radius 2 is 2.05 bits per heavy atom. The van der Waals surface area contributed by atoms with Crippen molar-refractivity contribution in [3.8, 4) is 0 Å². The lowest BCUT2D eigenvalue weighted by Crippen LogP contribution is -2.04. The Bertz CT molecular complexity index is 614. The van der Waals surface area contributed by atoms with Crippen LogP contribution in [0.15, 0.2) is 36.8 Å². The number of esters is 1. The van der Waals surface area contributed by atoms with Crippen molar-refractivity contribution in [3.63, 3.8) is 0 Å². The second kappa shape index (κ2) is 6.14. The predicted octanol–water partition coefficient (Wildman–Crippen LogP) is 2.31. The van der Waals surface area contributed by atoms with Gasteiger partial charge in [-0.2, -0.15) is 0 Å². The van der Waals surface area contributed by atoms with Gasteiger partial charge in [0.05, 0.1) is 24.9 Å². The second-order valence-corrected chi connectivity index (χ2v) is 4.38. The molecule has 2 heterocycles. The van der Waals surface area contributed by atoms with Gasteiger partial charge in [-0.25, -0.2) is 4.79 Å². The summed E-state index contributed by atoms with van der Waals surface area (Å²) in [5.74, 6) is -0.279. The minimum absolute atomic E-state index is 0.123. The average molecular weight is 272 g/mol. The third-order valence-electron chi connectivity index (χ3n) is 2.98. The maximum atomic E-state index is 11.6. The predicted molar refractivity (Wildman–Crippen MR) is 73.7 cm³/mol. The zero-order chi connectivity index (χ0) is 14.5. The number of carbonyl (C=O) groups excluding carboxylic acids is 2. The quantitative estimate of drug-likeness (QED) is 0.619. The Kier molecular flexibility index (Phi) is 4.30. The van der Waals surface area contributed by atoms with Gasteiger partial charge in [0.15, 0.2) is 5.78 Å². The van der Waals surface area contributed by atoms with Gasteiger partial charge in [-0.3, -0.25) is 9.78 Å². The third kappa shape index (κ3) is 3.12. The van der Waals surface area contributed by atoms with E-state index < -0.39 is 5.97 Å². The van der Waals surface area contributed by atoms with E-state index in [0.29, 0.717) is 24.1 Å². The molecule has 0 spiro atoms. The van der Waals surface area contributed by atoms with E-state index >= 15 is 0 Å². The van der Waals surface area contributed by atoms with E-state index in [0.717, 1.165) is 5.69 Å². The largest absolute Gasteiger partial charge is 0.465 e. The first kappa shape index (κ1) is 14.0. The van der Waals surface area contributed by atoms with Gasteiger partial charge in [-0.05, 0) is 18.2 Å². The number of pyridine rings is 1. The molecule has 0 bridgehead atoms. The van der Waals surface area contributed by atoms with Crippen LogP contribution in [-0.4, -0.2) is 28.4 Å². The summed E-state index contributed by atoms with van der Waals surface area (Å²) in [6.45, 7) is 2.39. The monoisotopic (exact) mass is 272 g/mol. The molecule has 0 aliphatic heterocycles. The van der Waals surface area contributed by atoms with E-state index in [1.807, 2.05) is 23.9 Å². The molecule has 0 aromatic carbocycles. The van der Waals surface area contributed by atoms with Crippen molar-refractivity contribution in [2.75, 3.05) is 7.11 Å². The first-order valence-electron chi connectivity index (χ1n) is 6.36. The van der Waals surface area contributed by atoms with Crippen LogP contribution < -0.4 is 0 Å². The van der Waals surface area contributed by atoms with Crippen LogP contribution in [0.2, 0.25) is 0 Å². The van der Waals surface area contributed by atoms with Gasteiger partial charge in [-0.1, -0.05) is 6.92 Å². The van der Waals surface area contributed by atoms with Crippen LogP contribution in [0.3, 0.4) is 0 Å². The molecule has 2 aromatic heterocycles. The van der Waals surface area contributed by atoms with Gasteiger partial charge >= 0.3 is 5.97 Å². The maximum absolute atomic E-state index is 11.6. The number of rotatable bonds is 5. The smallest absolute Gasteiger partial charge is 0.339 e. The first-order valence-corrected chi connectivity index (χ1v) is 6.36. The normalized spacial score (nSPS) is 10.3. The van der Waals surface area contributed by atoms with Crippen LogP contribution in [0.25, 0.3) is 0 Å². The van der Waals surface area contributed by atoms with Gasteiger partial charge in [0, 0.05) is 30.6 Å². The van der Waals surface area contributed by atoms with Crippen LogP contribution in [0.1, 0.15) is 39.8 Å². The lowest BCUT2D eigenvalue weighted by molar-refractivity contribution is 0.0600. The summed E-state index contributed by atoms with van der Waals surface area (Å²) >= 11 is 0. The van der Waals surface area contributed by atoms with E-state index in [-0.39, 0.29) is 5.78 Å². The highest BCUT2D eigenvalue weighted by Crippen LogP contribution is 2.08. The van der Waals surface area contributed by atoms with Crippen LogP contribution in [0, 0.1) is 0 Å². The molecule has 0 radical (unpaired) electrons. The topological polar surface area (TPSA) is 61.2 Å². The van der Waals surface area contributed by atoms with Crippen LogP contribution >= 0.6 is 0 Å². The van der Waals surface area contributed by atoms with Crippen molar-refractivity contribution in [2.24, 2.45) is 0 Å². The molecular formula is C15H16N2O3. The number of ketones is 1. The molecule has 0 aliphatic carbocycles. The number of aromatic nitrogens is 2. The fourth-order valence-corrected chi connectivity index (χ4v) is 1.85. The Morgan fingerprint density at radius 3 is 2.65 bits per heavy atom. The van der Waals surface area contributed by atoms with Gasteiger partial charge < -0.3 is 9.30 Å². The number of methoxy groups -OCH3 is 1. The SMILES string of the molecule is CCC(=O)c1ccn(Cc2ccc(C(=O)OC)cn2)c1. The molecule has 5 nitrogen and oxygen atoms in total. The molecule has 104 valence electrons. The van der Waals surface area contributed by atoms with Crippen LogP contribution in [0.5, 0.6) is 0 Å². The second-order valence-electron chi connectivity index (χ2n) is 4.38. The van der Waals surface area contributed by atoms with Gasteiger partial charge in [0.1, 0.15) is 0 Å². The van der Waals surface area contributed by atoms with Gasteiger partial charge in [0.2, 0.25) is 0 Å². The summed E-state index contributed by atoms with van der Waals surface area (Å²) in [7, 11) is 1.34. The van der Waals surface area contributed by atoms with Crippen molar-refractivity contribution in [3.05, 3.63) is 53.6 Å². The van der Waals surface area contributed by atoms with Crippen molar-refractivity contribution in [2.45, 2.75) is 19.9 Å². The summed E-state index contributed by atoms with van der Waals surface area (Å²) in [5, 5.41) is 0. The molecule has 0 amide bonds. The highest BCUT2D eigenvalue weighted by atomic mass is 16.5. The van der Waals surface area contributed by atoms with Crippen molar-refractivity contribution < 1.29 is 14.3 Å². The third-order valence-corrected chi connectivity index (χ3v) is 2.98. The summed E-state index contributed by atoms with van der Waals surface area (Å²) in [6.07, 6.45) is 5.64. The molecule has 0 N–H and O–H groups in total. The minimum Gasteiger partial charge on any atom is -0.465 e. The number of nitrogens with zero attached hydrogens (tertiary/aromatic N) is 2. The number of hydrogen-bond acceptors (Lipinski definition) is 4. The van der Waals surface area contributed by atoms with Crippen molar-refractivity contribution >= 4 is 11.8 Å². The highest BCUT2D eigenvalue weighted by molar-refractivity contribution is 5.95. The molecule has 2 rings (SSSR count). The lowest BCUT2D eigenvalue weighted by atomic mass is 10.2. The van der Waals surface area contributed by atoms with E-state index in [9.17, 15) is 9.59 Å². The highest BCUT2D eigenvalue weighted by Gasteiger charge is 2.07. The first-order chi connectivity index (χ1) is 9.63. The zero-order valence-corrected chi connectivity index (χ0v) is 11.5. The Morgan fingerprint density at radius 1 is 1.25 bits per heavy atom. The summed E-state index contributed by atoms with van der Waals surface area (Å²) in [5.41, 5.74) is 1.94. The molecular weight excluding hydrogens is 256 g/mol. The number of Topliss-reactive ketones (excluding diaryl/α,β-unsaturated/α-hetero) is 1. The summed E-state index contributed by atoms with van der Waals surface area (Å²) in [4.78, 5) is 27.1. The fourth-order valence-electron chi connectivity index (χ4n) is 1.85. The average Bonchev–Trinajstić information content (AvgIpc) is 2.95. The Balaban J connectivity index is 2.08. The van der Waals surface area contributed by atoms with Gasteiger partial charge in [0.25, 0.3) is 0 Å². The Labute approximate surface area is 117 Å². The van der Waals surface area contributed by atoms with Crippen molar-refractivity contribution in [1.29, 1.82) is 0 Å². The number of ether oxygens (including phenoxy) is 1. The molecule has 0 atom stereocenters. The molecule has 0 saturated carbocycles. The molecule has 0 aliphatic rings. The molecule has 0 unspecified atom stereocenters. The van der Waals surface area contributed by atoms with Crippen LogP contribution in [0.4, 0.5) is 0 Å². The molecule has 2 aromatic rings. The van der Waals surface area contributed by atoms with E-state index in [4.69, 9.17) is 0 Å². The molecule has 5 heteroatoms. The molecule has 0 saturated heterocycles. The maximum Gasteiger partial charge on any atom is 0.339 e. The van der Waals surface area contributed by atoms with Crippen LogP contribution in [-0.2, 0) is 11.3 Å². The summed E-state index contributed by atoms with van der Waals surface area (Å²) in [6, 6.07) is 5.25.